The van der Waals surface area contributed by atoms with E-state index in [2.05, 4.69) is 13.8 Å². The van der Waals surface area contributed by atoms with Crippen LogP contribution in [0.15, 0.2) is 11.6 Å². The van der Waals surface area contributed by atoms with Crippen molar-refractivity contribution in [1.82, 2.24) is 0 Å². The van der Waals surface area contributed by atoms with Crippen LogP contribution in [-0.2, 0) is 19.1 Å². The van der Waals surface area contributed by atoms with E-state index in [4.69, 9.17) is 9.47 Å². The molecule has 144 valence electrons. The monoisotopic (exact) mass is 368 g/mol. The number of carbonyl (C=O) groups is 2. The van der Waals surface area contributed by atoms with Gasteiger partial charge < -0.3 is 9.47 Å². The molecule has 2 aliphatic heterocycles. The zero-order chi connectivity index (χ0) is 18.4. The smallest absolute Gasteiger partial charge is 0.306 e. The van der Waals surface area contributed by atoms with Gasteiger partial charge in [-0.3, -0.25) is 9.59 Å². The molecule has 0 radical (unpaired) electrons. The summed E-state index contributed by atoms with van der Waals surface area (Å²) in [5.74, 6) is 2.77. The zero-order valence-electron chi connectivity index (χ0n) is 16.3. The van der Waals surface area contributed by atoms with Crippen LogP contribution in [0.2, 0.25) is 0 Å². The molecular formula is C23H28O4. The van der Waals surface area contributed by atoms with Crippen molar-refractivity contribution in [2.24, 2.45) is 34.5 Å². The lowest BCUT2D eigenvalue weighted by atomic mass is 9.46. The lowest BCUT2D eigenvalue weighted by Crippen LogP contribution is -2.60. The molecule has 0 amide bonds. The Bertz CT molecular complexity index is 845. The Morgan fingerprint density at radius 1 is 1.11 bits per heavy atom. The zero-order valence-corrected chi connectivity index (χ0v) is 16.3. The molecule has 2 heterocycles. The van der Waals surface area contributed by atoms with E-state index < -0.39 is 0 Å². The molecule has 2 unspecified atom stereocenters. The summed E-state index contributed by atoms with van der Waals surface area (Å²) in [6.45, 7) is 4.81. The average Bonchev–Trinajstić information content (AvgIpc) is 3.49. The highest BCUT2D eigenvalue weighted by Gasteiger charge is 2.85. The quantitative estimate of drug-likeness (QED) is 0.484. The maximum Gasteiger partial charge on any atom is 0.306 e. The van der Waals surface area contributed by atoms with Gasteiger partial charge in [-0.1, -0.05) is 19.4 Å². The van der Waals surface area contributed by atoms with E-state index in [1.165, 1.54) is 18.4 Å². The second-order valence-corrected chi connectivity index (χ2v) is 11.1. The highest BCUT2D eigenvalue weighted by molar-refractivity contribution is 5.92. The van der Waals surface area contributed by atoms with Crippen molar-refractivity contribution in [3.05, 3.63) is 11.6 Å². The standard InChI is InChI=1S/C23H28O4/c1-20-6-3-12(24)9-16(20)13-10-14(13)19-15-4-7-22(8-5-18(25)27-22)21(15,2)11-17-23(19,20)26-17/h9,13-15,17,19H,3-8,10-11H2,1-2H3/t13?,14?,15-,17-,19-,20-,21-,22+,23+/m0/s1. The van der Waals surface area contributed by atoms with E-state index in [1.54, 1.807) is 0 Å². The van der Waals surface area contributed by atoms with Crippen molar-refractivity contribution >= 4 is 11.8 Å². The van der Waals surface area contributed by atoms with Crippen LogP contribution in [0, 0.1) is 34.5 Å². The van der Waals surface area contributed by atoms with Gasteiger partial charge in [0.25, 0.3) is 0 Å². The molecule has 4 saturated carbocycles. The first-order valence-electron chi connectivity index (χ1n) is 11.0. The van der Waals surface area contributed by atoms with Gasteiger partial charge in [0.05, 0.1) is 6.10 Å². The molecule has 6 fully saturated rings. The predicted octanol–water partition coefficient (Wildman–Crippen LogP) is 3.58. The summed E-state index contributed by atoms with van der Waals surface area (Å²) >= 11 is 0. The molecule has 4 heteroatoms. The summed E-state index contributed by atoms with van der Waals surface area (Å²) in [5.41, 5.74) is 1.24. The van der Waals surface area contributed by atoms with E-state index >= 15 is 0 Å². The first-order valence-corrected chi connectivity index (χ1v) is 11.0. The van der Waals surface area contributed by atoms with Crippen LogP contribution in [0.3, 0.4) is 0 Å². The maximum atomic E-state index is 12.2. The van der Waals surface area contributed by atoms with Crippen LogP contribution in [0.5, 0.6) is 0 Å². The van der Waals surface area contributed by atoms with E-state index in [-0.39, 0.29) is 34.1 Å². The lowest BCUT2D eigenvalue weighted by Gasteiger charge is -2.56. The SMILES string of the molecule is C[C@]12CCC(=O)C=C1C1CC1[C@H]1[C@@H]3CC[C@@]4(CCC(=O)O4)[C@@]3(C)C[C@@H]3O[C@]312. The summed E-state index contributed by atoms with van der Waals surface area (Å²) in [6, 6.07) is 0. The fourth-order valence-electron chi connectivity index (χ4n) is 9.12. The van der Waals surface area contributed by atoms with Gasteiger partial charge in [-0.2, -0.15) is 0 Å². The molecule has 7 aliphatic rings. The minimum Gasteiger partial charge on any atom is -0.458 e. The Morgan fingerprint density at radius 2 is 1.96 bits per heavy atom. The number of esters is 1. The van der Waals surface area contributed by atoms with E-state index in [9.17, 15) is 9.59 Å². The molecule has 4 nitrogen and oxygen atoms in total. The average molecular weight is 368 g/mol. The summed E-state index contributed by atoms with van der Waals surface area (Å²) in [4.78, 5) is 24.2. The molecule has 2 saturated heterocycles. The first-order chi connectivity index (χ1) is 12.8. The third-order valence-electron chi connectivity index (χ3n) is 10.4. The maximum absolute atomic E-state index is 12.2. The summed E-state index contributed by atoms with van der Waals surface area (Å²) in [5, 5.41) is 0. The number of ether oxygens (including phenoxy) is 2. The van der Waals surface area contributed by atoms with Gasteiger partial charge in [-0.15, -0.1) is 0 Å². The van der Waals surface area contributed by atoms with Gasteiger partial charge in [0.15, 0.2) is 5.78 Å². The van der Waals surface area contributed by atoms with Gasteiger partial charge in [0.2, 0.25) is 0 Å². The summed E-state index contributed by atoms with van der Waals surface area (Å²) < 4.78 is 12.8. The van der Waals surface area contributed by atoms with Crippen molar-refractivity contribution in [2.75, 3.05) is 0 Å². The number of ketones is 1. The molecule has 0 N–H and O–H groups in total. The van der Waals surface area contributed by atoms with Crippen molar-refractivity contribution in [3.8, 4) is 0 Å². The number of hydrogen-bond donors (Lipinski definition) is 0. The van der Waals surface area contributed by atoms with Crippen LogP contribution in [0.25, 0.3) is 0 Å². The van der Waals surface area contributed by atoms with Gasteiger partial charge >= 0.3 is 5.97 Å². The predicted molar refractivity (Wildman–Crippen MR) is 96.6 cm³/mol. The van der Waals surface area contributed by atoms with Gasteiger partial charge in [0, 0.05) is 23.7 Å². The van der Waals surface area contributed by atoms with Crippen LogP contribution in [0.4, 0.5) is 0 Å². The third kappa shape index (κ3) is 1.47. The topological polar surface area (TPSA) is 55.9 Å². The van der Waals surface area contributed by atoms with Crippen molar-refractivity contribution < 1.29 is 19.1 Å². The van der Waals surface area contributed by atoms with E-state index in [0.29, 0.717) is 42.3 Å². The normalized spacial score (nSPS) is 62.0. The van der Waals surface area contributed by atoms with Gasteiger partial charge in [-0.05, 0) is 68.3 Å². The van der Waals surface area contributed by atoms with Crippen LogP contribution < -0.4 is 0 Å². The Morgan fingerprint density at radius 3 is 2.74 bits per heavy atom. The molecular weight excluding hydrogens is 340 g/mol. The van der Waals surface area contributed by atoms with E-state index in [1.807, 2.05) is 6.08 Å². The summed E-state index contributed by atoms with van der Waals surface area (Å²) in [6.07, 6.45) is 9.85. The van der Waals surface area contributed by atoms with Crippen LogP contribution in [0.1, 0.15) is 65.2 Å². The van der Waals surface area contributed by atoms with Crippen LogP contribution >= 0.6 is 0 Å². The van der Waals surface area contributed by atoms with Crippen molar-refractivity contribution in [2.45, 2.75) is 82.5 Å². The molecule has 0 aromatic rings. The van der Waals surface area contributed by atoms with Crippen molar-refractivity contribution in [3.63, 3.8) is 0 Å². The first kappa shape index (κ1) is 15.7. The minimum atomic E-state index is -0.239. The minimum absolute atomic E-state index is 0.00124. The Hall–Kier alpha value is -1.16. The highest BCUT2D eigenvalue weighted by Crippen LogP contribution is 2.82. The molecule has 2 spiro atoms. The van der Waals surface area contributed by atoms with Gasteiger partial charge in [-0.25, -0.2) is 0 Å². The molecule has 5 aliphatic carbocycles. The highest BCUT2D eigenvalue weighted by atomic mass is 16.6. The number of carbonyl (C=O) groups excluding carboxylic acids is 2. The second-order valence-electron chi connectivity index (χ2n) is 11.1. The molecule has 7 rings (SSSR count). The number of hydrogen-bond acceptors (Lipinski definition) is 4. The Balaban J connectivity index is 1.36. The second kappa shape index (κ2) is 4.22. The fourth-order valence-corrected chi connectivity index (χ4v) is 9.12. The third-order valence-corrected chi connectivity index (χ3v) is 10.4. The van der Waals surface area contributed by atoms with Crippen molar-refractivity contribution in [1.29, 1.82) is 0 Å². The molecule has 0 bridgehead atoms. The Kier molecular flexibility index (Phi) is 2.46. The molecule has 0 aromatic carbocycles. The van der Waals surface area contributed by atoms with Crippen LogP contribution in [-0.4, -0.2) is 29.1 Å². The Labute approximate surface area is 160 Å². The molecule has 27 heavy (non-hydrogen) atoms. The molecule has 9 atom stereocenters. The molecule has 0 aromatic heterocycles. The summed E-state index contributed by atoms with van der Waals surface area (Å²) in [7, 11) is 0. The van der Waals surface area contributed by atoms with E-state index in [0.717, 1.165) is 25.7 Å². The fraction of sp³-hybridized carbons (Fsp3) is 0.826. The number of rotatable bonds is 0. The number of epoxide rings is 1. The largest absolute Gasteiger partial charge is 0.458 e. The number of fused-ring (bicyclic) bond motifs is 7. The van der Waals surface area contributed by atoms with Gasteiger partial charge in [0.1, 0.15) is 11.2 Å². The lowest BCUT2D eigenvalue weighted by molar-refractivity contribution is -0.164.